The molecule has 1 N–H and O–H groups in total. The van der Waals surface area contributed by atoms with Gasteiger partial charge in [-0.2, -0.15) is 0 Å². The highest BCUT2D eigenvalue weighted by atomic mass is 35.5. The molecule has 0 saturated carbocycles. The lowest BCUT2D eigenvalue weighted by Gasteiger charge is -2.05. The van der Waals surface area contributed by atoms with Crippen molar-refractivity contribution in [2.45, 2.75) is 6.92 Å². The first-order valence-electron chi connectivity index (χ1n) is 8.35. The van der Waals surface area contributed by atoms with Gasteiger partial charge < -0.3 is 9.72 Å². The first-order chi connectivity index (χ1) is 12.7. The van der Waals surface area contributed by atoms with E-state index in [4.69, 9.17) is 21.3 Å². The molecule has 0 saturated heterocycles. The Hall–Kier alpha value is -3.04. The fourth-order valence-electron chi connectivity index (χ4n) is 2.79. The predicted molar refractivity (Wildman–Crippen MR) is 106 cm³/mol. The van der Waals surface area contributed by atoms with E-state index in [0.29, 0.717) is 0 Å². The van der Waals surface area contributed by atoms with Crippen LogP contribution >= 0.6 is 11.6 Å². The molecule has 0 spiro atoms. The summed E-state index contributed by atoms with van der Waals surface area (Å²) in [5.41, 5.74) is 4.00. The minimum Gasteiger partial charge on any atom is -0.457 e. The smallest absolute Gasteiger partial charge is 0.138 e. The van der Waals surface area contributed by atoms with E-state index in [-0.39, 0.29) is 0 Å². The van der Waals surface area contributed by atoms with Crippen molar-refractivity contribution in [3.63, 3.8) is 0 Å². The van der Waals surface area contributed by atoms with E-state index in [9.17, 15) is 0 Å². The molecular formula is C22H17ClN2O. The van der Waals surface area contributed by atoms with Crippen LogP contribution < -0.4 is 4.74 Å². The van der Waals surface area contributed by atoms with E-state index in [0.717, 1.165) is 44.9 Å². The number of hydrogen-bond acceptors (Lipinski definition) is 2. The molecule has 3 nitrogen and oxygen atoms in total. The largest absolute Gasteiger partial charge is 0.457 e. The van der Waals surface area contributed by atoms with Crippen LogP contribution in [0.2, 0.25) is 5.02 Å². The zero-order chi connectivity index (χ0) is 17.9. The van der Waals surface area contributed by atoms with Gasteiger partial charge in [0.2, 0.25) is 0 Å². The predicted octanol–water partition coefficient (Wildman–Crippen LogP) is 6.50. The molecule has 0 atom stereocenters. The minimum atomic E-state index is 0.719. The van der Waals surface area contributed by atoms with Crippen molar-refractivity contribution in [1.82, 2.24) is 9.97 Å². The van der Waals surface area contributed by atoms with Gasteiger partial charge in [0, 0.05) is 21.8 Å². The van der Waals surface area contributed by atoms with E-state index >= 15 is 0 Å². The summed E-state index contributed by atoms with van der Waals surface area (Å²) in [4.78, 5) is 8.11. The second-order valence-corrected chi connectivity index (χ2v) is 6.44. The molecule has 0 aliphatic heterocycles. The van der Waals surface area contributed by atoms with Crippen molar-refractivity contribution in [1.29, 1.82) is 0 Å². The lowest BCUT2D eigenvalue weighted by atomic mass is 10.1. The van der Waals surface area contributed by atoms with Crippen LogP contribution in [0.15, 0.2) is 78.9 Å². The van der Waals surface area contributed by atoms with Crippen LogP contribution in [0.5, 0.6) is 11.5 Å². The number of ether oxygens (including phenoxy) is 1. The molecule has 4 aromatic rings. The van der Waals surface area contributed by atoms with Crippen molar-refractivity contribution in [2.24, 2.45) is 0 Å². The summed E-state index contributed by atoms with van der Waals surface area (Å²) < 4.78 is 5.84. The number of halogens is 1. The van der Waals surface area contributed by atoms with Gasteiger partial charge >= 0.3 is 0 Å². The summed E-state index contributed by atoms with van der Waals surface area (Å²) in [7, 11) is 0. The molecule has 0 amide bonds. The third-order valence-corrected chi connectivity index (χ3v) is 4.36. The summed E-state index contributed by atoms with van der Waals surface area (Å²) >= 11 is 5.97. The van der Waals surface area contributed by atoms with Crippen LogP contribution in [-0.2, 0) is 0 Å². The van der Waals surface area contributed by atoms with E-state index in [1.807, 2.05) is 85.8 Å². The number of para-hydroxylation sites is 1. The third-order valence-electron chi connectivity index (χ3n) is 4.11. The fourth-order valence-corrected chi connectivity index (χ4v) is 2.92. The maximum Gasteiger partial charge on any atom is 0.138 e. The van der Waals surface area contributed by atoms with Crippen molar-refractivity contribution in [3.05, 3.63) is 89.6 Å². The van der Waals surface area contributed by atoms with Gasteiger partial charge in [0.05, 0.1) is 5.69 Å². The van der Waals surface area contributed by atoms with Crippen LogP contribution in [0.25, 0.3) is 22.6 Å². The van der Waals surface area contributed by atoms with E-state index < -0.39 is 0 Å². The zero-order valence-corrected chi connectivity index (χ0v) is 15.0. The van der Waals surface area contributed by atoms with Gasteiger partial charge in [-0.25, -0.2) is 4.98 Å². The number of aromatic amines is 1. The minimum absolute atomic E-state index is 0.719. The Morgan fingerprint density at radius 3 is 2.08 bits per heavy atom. The first-order valence-corrected chi connectivity index (χ1v) is 8.73. The van der Waals surface area contributed by atoms with Gasteiger partial charge in [0.15, 0.2) is 0 Å². The molecule has 4 heteroatoms. The van der Waals surface area contributed by atoms with Crippen LogP contribution in [0, 0.1) is 6.92 Å². The number of rotatable bonds is 4. The summed E-state index contributed by atoms with van der Waals surface area (Å²) in [5, 5.41) is 0.719. The van der Waals surface area contributed by atoms with Gasteiger partial charge in [0.25, 0.3) is 0 Å². The summed E-state index contributed by atoms with van der Waals surface area (Å²) in [6, 6.07) is 25.3. The Morgan fingerprint density at radius 2 is 1.38 bits per heavy atom. The Morgan fingerprint density at radius 1 is 0.769 bits per heavy atom. The number of H-pyrrole nitrogens is 1. The number of aromatic nitrogens is 2. The highest BCUT2D eigenvalue weighted by molar-refractivity contribution is 6.30. The Balaban J connectivity index is 1.58. The molecule has 0 bridgehead atoms. The molecule has 0 aliphatic rings. The van der Waals surface area contributed by atoms with Crippen LogP contribution in [-0.4, -0.2) is 9.97 Å². The summed E-state index contributed by atoms with van der Waals surface area (Å²) in [6.07, 6.45) is 0. The maximum absolute atomic E-state index is 5.97. The van der Waals surface area contributed by atoms with Gasteiger partial charge in [0.1, 0.15) is 17.3 Å². The first kappa shape index (κ1) is 16.4. The average molecular weight is 361 g/mol. The number of aryl methyl sites for hydroxylation is 1. The Bertz CT molecular complexity index is 1010. The Kier molecular flexibility index (Phi) is 4.46. The molecule has 4 rings (SSSR count). The zero-order valence-electron chi connectivity index (χ0n) is 14.2. The molecule has 3 aromatic carbocycles. The normalized spacial score (nSPS) is 10.7. The number of nitrogens with zero attached hydrogens (tertiary/aromatic N) is 1. The SMILES string of the molecule is Cc1[nH]c(-c2ccc(Oc3ccccc3)cc2)nc1-c1ccc(Cl)cc1. The Labute approximate surface area is 157 Å². The molecule has 0 fully saturated rings. The van der Waals surface area contributed by atoms with E-state index in [1.165, 1.54) is 0 Å². The fraction of sp³-hybridized carbons (Fsp3) is 0.0455. The van der Waals surface area contributed by atoms with Crippen LogP contribution in [0.3, 0.4) is 0 Å². The maximum atomic E-state index is 5.97. The van der Waals surface area contributed by atoms with Crippen LogP contribution in [0.1, 0.15) is 5.69 Å². The summed E-state index contributed by atoms with van der Waals surface area (Å²) in [5.74, 6) is 2.44. The molecule has 1 aromatic heterocycles. The van der Waals surface area contributed by atoms with Gasteiger partial charge in [-0.15, -0.1) is 0 Å². The van der Waals surface area contributed by atoms with Crippen molar-refractivity contribution in [3.8, 4) is 34.1 Å². The van der Waals surface area contributed by atoms with Gasteiger partial charge in [-0.3, -0.25) is 0 Å². The lowest BCUT2D eigenvalue weighted by Crippen LogP contribution is -1.85. The average Bonchev–Trinajstić information content (AvgIpc) is 3.06. The highest BCUT2D eigenvalue weighted by Gasteiger charge is 2.10. The molecule has 0 aliphatic carbocycles. The number of benzene rings is 3. The van der Waals surface area contributed by atoms with E-state index in [2.05, 4.69) is 4.98 Å². The summed E-state index contributed by atoms with van der Waals surface area (Å²) in [6.45, 7) is 2.02. The van der Waals surface area contributed by atoms with E-state index in [1.54, 1.807) is 0 Å². The van der Waals surface area contributed by atoms with Gasteiger partial charge in [-0.1, -0.05) is 41.9 Å². The highest BCUT2D eigenvalue weighted by Crippen LogP contribution is 2.28. The van der Waals surface area contributed by atoms with Crippen molar-refractivity contribution < 1.29 is 4.74 Å². The number of nitrogens with one attached hydrogen (secondary N) is 1. The topological polar surface area (TPSA) is 37.9 Å². The third kappa shape index (κ3) is 3.48. The lowest BCUT2D eigenvalue weighted by molar-refractivity contribution is 0.483. The molecule has 0 radical (unpaired) electrons. The molecular weight excluding hydrogens is 344 g/mol. The monoisotopic (exact) mass is 360 g/mol. The molecule has 128 valence electrons. The molecule has 0 unspecified atom stereocenters. The molecule has 1 heterocycles. The quantitative estimate of drug-likeness (QED) is 0.451. The number of hydrogen-bond donors (Lipinski definition) is 1. The van der Waals surface area contributed by atoms with Crippen molar-refractivity contribution in [2.75, 3.05) is 0 Å². The second-order valence-electron chi connectivity index (χ2n) is 6.01. The second kappa shape index (κ2) is 7.06. The number of imidazole rings is 1. The van der Waals surface area contributed by atoms with Crippen LogP contribution in [0.4, 0.5) is 0 Å². The standard InChI is InChI=1S/C22H17ClN2O/c1-15-21(16-7-11-18(23)12-8-16)25-22(24-15)17-9-13-20(14-10-17)26-19-5-3-2-4-6-19/h2-14H,1H3,(H,24,25). The molecule has 26 heavy (non-hydrogen) atoms. The van der Waals surface area contributed by atoms with Gasteiger partial charge in [-0.05, 0) is 55.5 Å². The van der Waals surface area contributed by atoms with Crippen molar-refractivity contribution >= 4 is 11.6 Å².